The van der Waals surface area contributed by atoms with E-state index in [0.717, 1.165) is 22.5 Å². The second-order valence-electron chi connectivity index (χ2n) is 6.26. The van der Waals surface area contributed by atoms with E-state index in [9.17, 15) is 5.11 Å². The summed E-state index contributed by atoms with van der Waals surface area (Å²) < 4.78 is 0. The van der Waals surface area contributed by atoms with E-state index in [1.165, 1.54) is 0 Å². The van der Waals surface area contributed by atoms with E-state index in [4.69, 9.17) is 12.2 Å². The number of aromatic hydroxyl groups is 1. The van der Waals surface area contributed by atoms with Crippen LogP contribution in [0.2, 0.25) is 0 Å². The van der Waals surface area contributed by atoms with Gasteiger partial charge in [0.1, 0.15) is 5.75 Å². The number of nitrogens with one attached hydrogen (secondary N) is 2. The van der Waals surface area contributed by atoms with Crippen LogP contribution < -0.4 is 10.6 Å². The minimum Gasteiger partial charge on any atom is -0.507 e. The second-order valence-corrected chi connectivity index (χ2v) is 6.67. The molecule has 4 heteroatoms. The van der Waals surface area contributed by atoms with Crippen LogP contribution in [0, 0.1) is 0 Å². The molecule has 0 aliphatic rings. The number of anilines is 2. The predicted molar refractivity (Wildman–Crippen MR) is 103 cm³/mol. The third kappa shape index (κ3) is 4.45. The van der Waals surface area contributed by atoms with Gasteiger partial charge in [0.05, 0.1) is 0 Å². The zero-order valence-electron chi connectivity index (χ0n) is 14.1. The quantitative estimate of drug-likeness (QED) is 0.516. The van der Waals surface area contributed by atoms with Gasteiger partial charge in [0, 0.05) is 11.4 Å². The topological polar surface area (TPSA) is 44.3 Å². The van der Waals surface area contributed by atoms with Crippen LogP contribution in [0.4, 0.5) is 11.4 Å². The zero-order chi connectivity index (χ0) is 17.0. The molecular weight excluding hydrogens is 304 g/mol. The monoisotopic (exact) mass is 328 g/mol. The molecule has 0 fully saturated rings. The van der Waals surface area contributed by atoms with Gasteiger partial charge >= 0.3 is 0 Å². The lowest BCUT2D eigenvalue weighted by atomic mass is 9.93. The Labute approximate surface area is 143 Å². The second kappa shape index (κ2) is 7.47. The van der Waals surface area contributed by atoms with Crippen LogP contribution in [0.25, 0.3) is 0 Å². The van der Waals surface area contributed by atoms with Crippen LogP contribution >= 0.6 is 12.2 Å². The Morgan fingerprint density at radius 2 is 1.35 bits per heavy atom. The highest BCUT2D eigenvalue weighted by Gasteiger charge is 2.15. The lowest BCUT2D eigenvalue weighted by Crippen LogP contribution is -2.19. The van der Waals surface area contributed by atoms with Crippen molar-refractivity contribution < 1.29 is 5.11 Å². The lowest BCUT2D eigenvalue weighted by Gasteiger charge is -2.19. The van der Waals surface area contributed by atoms with Gasteiger partial charge < -0.3 is 15.7 Å². The van der Waals surface area contributed by atoms with Gasteiger partial charge in [0.2, 0.25) is 0 Å². The fraction of sp³-hybridized carbons (Fsp3) is 0.316. The van der Waals surface area contributed by atoms with E-state index in [0.29, 0.717) is 10.9 Å². The minimum absolute atomic E-state index is 0.241. The van der Waals surface area contributed by atoms with Crippen LogP contribution in [0.1, 0.15) is 50.7 Å². The Bertz CT molecular complexity index is 652. The van der Waals surface area contributed by atoms with E-state index in [2.05, 4.69) is 38.3 Å². The smallest absolute Gasteiger partial charge is 0.175 e. The summed E-state index contributed by atoms with van der Waals surface area (Å²) in [5.74, 6) is 0.872. The number of para-hydroxylation sites is 1. The molecule has 0 bridgehead atoms. The Morgan fingerprint density at radius 1 is 0.870 bits per heavy atom. The van der Waals surface area contributed by atoms with Crippen molar-refractivity contribution in [3.05, 3.63) is 53.6 Å². The number of thiocarbonyl (C=S) groups is 1. The van der Waals surface area contributed by atoms with Gasteiger partial charge in [-0.25, -0.2) is 0 Å². The van der Waals surface area contributed by atoms with Crippen LogP contribution in [-0.2, 0) is 0 Å². The molecule has 0 spiro atoms. The molecule has 2 rings (SSSR count). The molecule has 0 heterocycles. The van der Waals surface area contributed by atoms with Crippen LogP contribution in [0.3, 0.4) is 0 Å². The van der Waals surface area contributed by atoms with Crippen LogP contribution in [0.5, 0.6) is 5.75 Å². The molecule has 0 radical (unpaired) electrons. The van der Waals surface area contributed by atoms with E-state index in [1.54, 1.807) is 0 Å². The normalized spacial score (nSPS) is 10.9. The molecule has 3 nitrogen and oxygen atoms in total. The highest BCUT2D eigenvalue weighted by molar-refractivity contribution is 7.80. The molecule has 122 valence electrons. The third-order valence-corrected chi connectivity index (χ3v) is 3.91. The first kappa shape index (κ1) is 17.3. The van der Waals surface area contributed by atoms with E-state index < -0.39 is 0 Å². The number of benzene rings is 2. The van der Waals surface area contributed by atoms with Gasteiger partial charge in [0.25, 0.3) is 0 Å². The molecule has 0 unspecified atom stereocenters. The average molecular weight is 328 g/mol. The molecule has 0 aliphatic carbocycles. The van der Waals surface area contributed by atoms with Crippen molar-refractivity contribution in [2.75, 3.05) is 10.6 Å². The van der Waals surface area contributed by atoms with Crippen molar-refractivity contribution in [2.24, 2.45) is 0 Å². The van der Waals surface area contributed by atoms with Crippen molar-refractivity contribution in [2.45, 2.75) is 39.5 Å². The average Bonchev–Trinajstić information content (AvgIpc) is 2.49. The SMILES string of the molecule is CC(C)c1cc(NC(=S)Nc2ccccc2)cc(C(C)C)c1O. The van der Waals surface area contributed by atoms with Crippen molar-refractivity contribution in [3.8, 4) is 5.75 Å². The molecular formula is C19H24N2OS. The first-order valence-electron chi connectivity index (χ1n) is 7.88. The highest BCUT2D eigenvalue weighted by atomic mass is 32.1. The maximum Gasteiger partial charge on any atom is 0.175 e. The van der Waals surface area contributed by atoms with E-state index >= 15 is 0 Å². The summed E-state index contributed by atoms with van der Waals surface area (Å²) in [6.07, 6.45) is 0. The van der Waals surface area contributed by atoms with Gasteiger partial charge in [-0.3, -0.25) is 0 Å². The molecule has 0 aliphatic heterocycles. The van der Waals surface area contributed by atoms with Gasteiger partial charge in [-0.2, -0.15) is 0 Å². The zero-order valence-corrected chi connectivity index (χ0v) is 14.9. The first-order valence-corrected chi connectivity index (χ1v) is 8.29. The number of rotatable bonds is 4. The van der Waals surface area contributed by atoms with Crippen molar-refractivity contribution in [1.82, 2.24) is 0 Å². The Kier molecular flexibility index (Phi) is 5.61. The highest BCUT2D eigenvalue weighted by Crippen LogP contribution is 2.36. The van der Waals surface area contributed by atoms with Gasteiger partial charge in [-0.1, -0.05) is 45.9 Å². The maximum absolute atomic E-state index is 10.4. The summed E-state index contributed by atoms with van der Waals surface area (Å²) in [5.41, 5.74) is 3.70. The third-order valence-electron chi connectivity index (χ3n) is 3.70. The van der Waals surface area contributed by atoms with Gasteiger partial charge in [0.15, 0.2) is 5.11 Å². The number of hydrogen-bond acceptors (Lipinski definition) is 2. The van der Waals surface area contributed by atoms with E-state index in [-0.39, 0.29) is 11.8 Å². The Morgan fingerprint density at radius 3 is 1.83 bits per heavy atom. The molecule has 23 heavy (non-hydrogen) atoms. The van der Waals surface area contributed by atoms with Crippen molar-refractivity contribution in [1.29, 1.82) is 0 Å². The van der Waals surface area contributed by atoms with E-state index in [1.807, 2.05) is 42.5 Å². The summed E-state index contributed by atoms with van der Waals surface area (Å²) in [6, 6.07) is 13.7. The number of phenolic OH excluding ortho intramolecular Hbond substituents is 1. The fourth-order valence-corrected chi connectivity index (χ4v) is 2.68. The fourth-order valence-electron chi connectivity index (χ4n) is 2.45. The van der Waals surface area contributed by atoms with Gasteiger partial charge in [-0.05, 0) is 59.4 Å². The molecule has 0 saturated carbocycles. The first-order chi connectivity index (χ1) is 10.9. The molecule has 3 N–H and O–H groups in total. The predicted octanol–water partition coefficient (Wildman–Crippen LogP) is 5.45. The summed E-state index contributed by atoms with van der Waals surface area (Å²) in [6.45, 7) is 8.29. The standard InChI is InChI=1S/C19H24N2OS/c1-12(2)16-10-15(11-17(13(3)4)18(16)22)21-19(23)20-14-8-6-5-7-9-14/h5-13,22H,1-4H3,(H2,20,21,23). The minimum atomic E-state index is 0.241. The van der Waals surface area contributed by atoms with Gasteiger partial charge in [-0.15, -0.1) is 0 Å². The molecule has 0 atom stereocenters. The lowest BCUT2D eigenvalue weighted by molar-refractivity contribution is 0.454. The molecule has 2 aromatic rings. The van der Waals surface area contributed by atoms with Crippen molar-refractivity contribution in [3.63, 3.8) is 0 Å². The molecule has 0 saturated heterocycles. The maximum atomic E-state index is 10.4. The Hall–Kier alpha value is -2.07. The molecule has 0 amide bonds. The summed E-state index contributed by atoms with van der Waals surface area (Å²) in [5, 5.41) is 17.4. The summed E-state index contributed by atoms with van der Waals surface area (Å²) in [4.78, 5) is 0. The van der Waals surface area contributed by atoms with Crippen molar-refractivity contribution >= 4 is 28.7 Å². The largest absolute Gasteiger partial charge is 0.507 e. The molecule has 0 aromatic heterocycles. The van der Waals surface area contributed by atoms with Crippen LogP contribution in [0.15, 0.2) is 42.5 Å². The number of phenols is 1. The Balaban J connectivity index is 2.23. The molecule has 2 aromatic carbocycles. The summed E-state index contributed by atoms with van der Waals surface area (Å²) >= 11 is 5.38. The summed E-state index contributed by atoms with van der Waals surface area (Å²) in [7, 11) is 0. The van der Waals surface area contributed by atoms with Crippen LogP contribution in [-0.4, -0.2) is 10.2 Å². The number of hydrogen-bond donors (Lipinski definition) is 3.